The highest BCUT2D eigenvalue weighted by atomic mass is 16.5. The Balaban J connectivity index is 1.91. The van der Waals surface area contributed by atoms with Crippen molar-refractivity contribution in [3.63, 3.8) is 0 Å². The average molecular weight is 440 g/mol. The summed E-state index contributed by atoms with van der Waals surface area (Å²) in [6.45, 7) is 15.1. The summed E-state index contributed by atoms with van der Waals surface area (Å²) in [7, 11) is 1.85. The summed E-state index contributed by atoms with van der Waals surface area (Å²) in [6.07, 6.45) is 15.7. The van der Waals surface area contributed by atoms with Gasteiger partial charge in [-0.25, -0.2) is 0 Å². The summed E-state index contributed by atoms with van der Waals surface area (Å²) in [6, 6.07) is 0. The Morgan fingerprint density at radius 2 is 1.56 bits per heavy atom. The molecule has 1 atom stereocenters. The Morgan fingerprint density at radius 3 is 2.16 bits per heavy atom. The minimum absolute atomic E-state index is 0.162. The molecule has 2 N–H and O–H groups in total. The lowest BCUT2D eigenvalue weighted by Crippen LogP contribution is -2.37. The molecule has 0 aromatic heterocycles. The van der Waals surface area contributed by atoms with Gasteiger partial charge < -0.3 is 15.2 Å². The van der Waals surface area contributed by atoms with Crippen LogP contribution in [0.5, 0.6) is 11.5 Å². The number of phenolic OH excluding ortho intramolecular Hbond substituents is 1. The first kappa shape index (κ1) is 26.1. The molecule has 0 spiro atoms. The molecule has 3 heteroatoms. The quantitative estimate of drug-likeness (QED) is 0.284. The van der Waals surface area contributed by atoms with Crippen molar-refractivity contribution in [2.75, 3.05) is 12.4 Å². The van der Waals surface area contributed by atoms with E-state index in [4.69, 9.17) is 4.74 Å². The molecule has 1 aliphatic rings. The van der Waals surface area contributed by atoms with E-state index in [9.17, 15) is 5.11 Å². The second-order valence-corrected chi connectivity index (χ2v) is 10.1. The van der Waals surface area contributed by atoms with E-state index in [0.29, 0.717) is 5.75 Å². The van der Waals surface area contributed by atoms with Crippen LogP contribution in [0.4, 0.5) is 5.69 Å². The molecule has 0 radical (unpaired) electrons. The third kappa shape index (κ3) is 6.92. The fourth-order valence-electron chi connectivity index (χ4n) is 4.59. The molecule has 1 aromatic carbocycles. The van der Waals surface area contributed by atoms with E-state index < -0.39 is 0 Å². The summed E-state index contributed by atoms with van der Waals surface area (Å²) in [4.78, 5) is 0. The van der Waals surface area contributed by atoms with Gasteiger partial charge in [-0.1, -0.05) is 34.9 Å². The summed E-state index contributed by atoms with van der Waals surface area (Å²) in [5, 5.41) is 13.6. The number of fused-ring (bicyclic) bond motifs is 1. The van der Waals surface area contributed by atoms with Crippen LogP contribution in [0.25, 0.3) is 0 Å². The van der Waals surface area contributed by atoms with Gasteiger partial charge in [0.25, 0.3) is 0 Å². The fourth-order valence-corrected chi connectivity index (χ4v) is 4.59. The van der Waals surface area contributed by atoms with Gasteiger partial charge in [0.2, 0.25) is 0 Å². The predicted octanol–water partition coefficient (Wildman–Crippen LogP) is 8.33. The first-order valence-electron chi connectivity index (χ1n) is 12.2. The topological polar surface area (TPSA) is 41.5 Å². The maximum atomic E-state index is 10.5. The molecule has 0 amide bonds. The number of hydrogen-bond acceptors (Lipinski definition) is 3. The van der Waals surface area contributed by atoms with Gasteiger partial charge in [0, 0.05) is 18.2 Å². The van der Waals surface area contributed by atoms with E-state index in [1.165, 1.54) is 16.7 Å². The number of ether oxygens (including phenoxy) is 1. The molecule has 3 nitrogen and oxygen atoms in total. The van der Waals surface area contributed by atoms with Crippen LogP contribution in [-0.2, 0) is 6.42 Å². The van der Waals surface area contributed by atoms with Crippen molar-refractivity contribution in [1.29, 1.82) is 0 Å². The van der Waals surface area contributed by atoms with Crippen LogP contribution in [0.15, 0.2) is 34.9 Å². The van der Waals surface area contributed by atoms with Gasteiger partial charge in [0.1, 0.15) is 17.1 Å². The SMILES string of the molecule is CNc1c(C)c2c(c(C)c1O)CCC(C)(CC/C=C(\C)CC/C=C(\C)CCC=C(C)C)O2. The minimum atomic E-state index is -0.162. The van der Waals surface area contributed by atoms with Crippen LogP contribution in [0.2, 0.25) is 0 Å². The molecule has 32 heavy (non-hydrogen) atoms. The molecule has 0 bridgehead atoms. The number of allylic oxidation sites excluding steroid dienone is 6. The smallest absolute Gasteiger partial charge is 0.142 e. The molecular weight excluding hydrogens is 394 g/mol. The highest BCUT2D eigenvalue weighted by Gasteiger charge is 2.34. The van der Waals surface area contributed by atoms with Gasteiger partial charge in [-0.3, -0.25) is 0 Å². The summed E-state index contributed by atoms with van der Waals surface area (Å²) < 4.78 is 6.58. The van der Waals surface area contributed by atoms with Gasteiger partial charge in [0.05, 0.1) is 5.69 Å². The molecule has 0 saturated heterocycles. The van der Waals surface area contributed by atoms with Gasteiger partial charge in [0.15, 0.2) is 0 Å². The zero-order chi connectivity index (χ0) is 23.9. The van der Waals surface area contributed by atoms with Crippen LogP contribution in [0.1, 0.15) is 96.3 Å². The first-order chi connectivity index (χ1) is 15.1. The van der Waals surface area contributed by atoms with Crippen molar-refractivity contribution in [2.45, 2.75) is 105 Å². The zero-order valence-electron chi connectivity index (χ0n) is 21.7. The van der Waals surface area contributed by atoms with E-state index in [1.54, 1.807) is 0 Å². The minimum Gasteiger partial charge on any atom is -0.505 e. The largest absolute Gasteiger partial charge is 0.505 e. The number of benzene rings is 1. The van der Waals surface area contributed by atoms with Crippen LogP contribution in [0, 0.1) is 13.8 Å². The lowest BCUT2D eigenvalue weighted by molar-refractivity contribution is 0.0560. The van der Waals surface area contributed by atoms with Crippen molar-refractivity contribution >= 4 is 5.69 Å². The Bertz CT molecular complexity index is 887. The maximum absolute atomic E-state index is 10.5. The number of nitrogens with one attached hydrogen (secondary N) is 1. The Kier molecular flexibility index (Phi) is 9.48. The number of phenols is 1. The Hall–Kier alpha value is -2.16. The second kappa shape index (κ2) is 11.6. The van der Waals surface area contributed by atoms with Crippen LogP contribution in [-0.4, -0.2) is 17.8 Å². The predicted molar refractivity (Wildman–Crippen MR) is 139 cm³/mol. The van der Waals surface area contributed by atoms with Crippen LogP contribution in [0.3, 0.4) is 0 Å². The molecule has 1 unspecified atom stereocenters. The molecule has 0 aliphatic carbocycles. The summed E-state index contributed by atoms with van der Waals surface area (Å²) >= 11 is 0. The normalized spacial score (nSPS) is 18.8. The highest BCUT2D eigenvalue weighted by Crippen LogP contribution is 2.46. The Morgan fingerprint density at radius 1 is 0.969 bits per heavy atom. The molecule has 1 aromatic rings. The maximum Gasteiger partial charge on any atom is 0.142 e. The van der Waals surface area contributed by atoms with Crippen molar-refractivity contribution in [3.05, 3.63) is 51.6 Å². The molecule has 1 aliphatic heterocycles. The van der Waals surface area contributed by atoms with Gasteiger partial charge in [-0.15, -0.1) is 0 Å². The van der Waals surface area contributed by atoms with E-state index in [1.807, 2.05) is 20.9 Å². The standard InChI is InChI=1S/C29H45NO2/c1-20(2)12-9-13-21(3)14-10-15-22(4)16-11-18-29(7)19-17-25-23(5)27(31)26(30-8)24(6)28(25)32-29/h12,14,16,30-31H,9-11,13,15,17-19H2,1-8H3/b21-14+,22-16+. The van der Waals surface area contributed by atoms with Gasteiger partial charge in [-0.2, -0.15) is 0 Å². The van der Waals surface area contributed by atoms with Crippen molar-refractivity contribution in [3.8, 4) is 11.5 Å². The van der Waals surface area contributed by atoms with Crippen LogP contribution < -0.4 is 10.1 Å². The van der Waals surface area contributed by atoms with Crippen LogP contribution >= 0.6 is 0 Å². The molecule has 0 fully saturated rings. The van der Waals surface area contributed by atoms with E-state index in [2.05, 4.69) is 58.2 Å². The first-order valence-corrected chi connectivity index (χ1v) is 12.2. The molecule has 1 heterocycles. The number of anilines is 1. The molecule has 0 saturated carbocycles. The number of aromatic hydroxyl groups is 1. The average Bonchev–Trinajstić information content (AvgIpc) is 2.72. The summed E-state index contributed by atoms with van der Waals surface area (Å²) in [5.74, 6) is 1.32. The fraction of sp³-hybridized carbons (Fsp3) is 0.586. The molecular formula is C29H45NO2. The second-order valence-electron chi connectivity index (χ2n) is 10.1. The monoisotopic (exact) mass is 439 g/mol. The van der Waals surface area contributed by atoms with E-state index in [-0.39, 0.29) is 5.60 Å². The van der Waals surface area contributed by atoms with Crippen molar-refractivity contribution in [2.24, 2.45) is 0 Å². The van der Waals surface area contributed by atoms with E-state index in [0.717, 1.165) is 79.5 Å². The number of rotatable bonds is 10. The number of hydrogen-bond donors (Lipinski definition) is 2. The van der Waals surface area contributed by atoms with Crippen molar-refractivity contribution < 1.29 is 9.84 Å². The lowest BCUT2D eigenvalue weighted by atomic mass is 9.85. The third-order valence-electron chi connectivity index (χ3n) is 6.83. The zero-order valence-corrected chi connectivity index (χ0v) is 21.7. The van der Waals surface area contributed by atoms with Gasteiger partial charge in [-0.05, 0) is 105 Å². The highest BCUT2D eigenvalue weighted by molar-refractivity contribution is 5.71. The van der Waals surface area contributed by atoms with Crippen molar-refractivity contribution in [1.82, 2.24) is 0 Å². The molecule has 2 rings (SSSR count). The van der Waals surface area contributed by atoms with E-state index >= 15 is 0 Å². The van der Waals surface area contributed by atoms with Gasteiger partial charge >= 0.3 is 0 Å². The third-order valence-corrected chi connectivity index (χ3v) is 6.83. The summed E-state index contributed by atoms with van der Waals surface area (Å²) in [5.41, 5.74) is 8.10. The molecule has 178 valence electrons. The lowest BCUT2D eigenvalue weighted by Gasteiger charge is -2.38. The Labute approximate surface area is 196 Å².